The van der Waals surface area contributed by atoms with Gasteiger partial charge in [-0.05, 0) is 38.0 Å². The van der Waals surface area contributed by atoms with Gasteiger partial charge in [0, 0.05) is 47.9 Å². The van der Waals surface area contributed by atoms with E-state index >= 15 is 0 Å². The molecule has 1 aromatic carbocycles. The largest absolute Gasteiger partial charge is 0.381 e. The molecule has 1 saturated heterocycles. The molecule has 9 heteroatoms. The number of H-pyrrole nitrogens is 2. The molecule has 31 heavy (non-hydrogen) atoms. The second-order valence-electron chi connectivity index (χ2n) is 7.89. The molecule has 1 aliphatic heterocycles. The van der Waals surface area contributed by atoms with E-state index in [9.17, 15) is 14.0 Å². The van der Waals surface area contributed by atoms with Crippen molar-refractivity contribution in [1.29, 1.82) is 0 Å². The number of carbonyl (C=O) groups excluding carboxylic acids is 1. The predicted octanol–water partition coefficient (Wildman–Crippen LogP) is 3.03. The monoisotopic (exact) mass is 423 g/mol. The Bertz CT molecular complexity index is 1330. The first-order valence-electron chi connectivity index (χ1n) is 10.3. The number of nitrogens with one attached hydrogen (secondary N) is 3. The van der Waals surface area contributed by atoms with E-state index in [-0.39, 0.29) is 11.3 Å². The van der Waals surface area contributed by atoms with Crippen molar-refractivity contribution in [2.75, 3.05) is 13.2 Å². The molecule has 0 saturated carbocycles. The van der Waals surface area contributed by atoms with Gasteiger partial charge in [0.05, 0.1) is 11.7 Å². The molecule has 0 unspecified atom stereocenters. The van der Waals surface area contributed by atoms with Crippen molar-refractivity contribution >= 4 is 22.5 Å². The van der Waals surface area contributed by atoms with Crippen LogP contribution in [0.15, 0.2) is 41.2 Å². The molecule has 8 nitrogen and oxygen atoms in total. The van der Waals surface area contributed by atoms with Crippen LogP contribution >= 0.6 is 0 Å². The Balaban J connectivity index is 1.39. The van der Waals surface area contributed by atoms with Crippen LogP contribution in [0.4, 0.5) is 4.39 Å². The number of aromatic nitrogens is 4. The minimum atomic E-state index is -0.511. The quantitative estimate of drug-likeness (QED) is 0.469. The van der Waals surface area contributed by atoms with Gasteiger partial charge in [0.2, 0.25) is 0 Å². The van der Waals surface area contributed by atoms with Crippen molar-refractivity contribution < 1.29 is 13.9 Å². The van der Waals surface area contributed by atoms with Crippen LogP contribution in [0.3, 0.4) is 0 Å². The number of halogens is 1. The summed E-state index contributed by atoms with van der Waals surface area (Å²) in [4.78, 5) is 32.8. The fourth-order valence-corrected chi connectivity index (χ4v) is 4.06. The van der Waals surface area contributed by atoms with Crippen LogP contribution < -0.4 is 10.9 Å². The molecule has 0 aliphatic carbocycles. The van der Waals surface area contributed by atoms with E-state index in [0.717, 1.165) is 18.5 Å². The number of amides is 1. The van der Waals surface area contributed by atoms with Crippen molar-refractivity contribution in [3.05, 3.63) is 69.7 Å². The normalized spacial score (nSPS) is 16.1. The van der Waals surface area contributed by atoms with Gasteiger partial charge in [-0.3, -0.25) is 14.7 Å². The lowest BCUT2D eigenvalue weighted by Gasteiger charge is -2.20. The van der Waals surface area contributed by atoms with Crippen molar-refractivity contribution in [3.8, 4) is 0 Å². The summed E-state index contributed by atoms with van der Waals surface area (Å²) in [6.07, 6.45) is 1.79. The first-order valence-corrected chi connectivity index (χ1v) is 10.3. The van der Waals surface area contributed by atoms with Gasteiger partial charge in [-0.2, -0.15) is 0 Å². The summed E-state index contributed by atoms with van der Waals surface area (Å²) in [7, 11) is 0. The highest BCUT2D eigenvalue weighted by atomic mass is 19.1. The van der Waals surface area contributed by atoms with E-state index in [0.29, 0.717) is 41.4 Å². The third kappa shape index (κ3) is 3.61. The maximum atomic E-state index is 13.9. The van der Waals surface area contributed by atoms with Crippen LogP contribution in [0, 0.1) is 5.82 Å². The highest BCUT2D eigenvalue weighted by Crippen LogP contribution is 2.26. The third-order valence-electron chi connectivity index (χ3n) is 5.80. The summed E-state index contributed by atoms with van der Waals surface area (Å²) < 4.78 is 20.7. The molecule has 5 rings (SSSR count). The standard InChI is InChI=1S/C22H22FN5O3/c1-12(24-22(30)19-9-14-15(23)3-2-4-16(14)25-19)17-11-21(29)28-20(26-17)10-18(27-28)13-5-7-31-8-6-13/h2-4,9-13,25,27H,5-8H2,1H3,(H,24,30)/t12-/m1/s1. The Morgan fingerprint density at radius 2 is 2.10 bits per heavy atom. The van der Waals surface area contributed by atoms with Crippen LogP contribution in [-0.2, 0) is 4.74 Å². The number of hydrogen-bond acceptors (Lipinski definition) is 4. The lowest BCUT2D eigenvalue weighted by molar-refractivity contribution is 0.0844. The van der Waals surface area contributed by atoms with E-state index in [4.69, 9.17) is 4.74 Å². The van der Waals surface area contributed by atoms with Crippen LogP contribution in [-0.4, -0.2) is 38.7 Å². The molecule has 4 heterocycles. The van der Waals surface area contributed by atoms with Crippen molar-refractivity contribution in [1.82, 2.24) is 24.9 Å². The fraction of sp³-hybridized carbons (Fsp3) is 0.318. The Kier molecular flexibility index (Phi) is 4.82. The van der Waals surface area contributed by atoms with Crippen LogP contribution in [0.5, 0.6) is 0 Å². The number of carbonyl (C=O) groups is 1. The number of aromatic amines is 2. The van der Waals surface area contributed by atoms with Crippen LogP contribution in [0.25, 0.3) is 16.6 Å². The van der Waals surface area contributed by atoms with Crippen molar-refractivity contribution in [2.24, 2.45) is 0 Å². The van der Waals surface area contributed by atoms with Gasteiger partial charge in [-0.1, -0.05) is 6.07 Å². The van der Waals surface area contributed by atoms with Crippen molar-refractivity contribution in [2.45, 2.75) is 31.7 Å². The van der Waals surface area contributed by atoms with Gasteiger partial charge in [0.25, 0.3) is 11.5 Å². The molecular formula is C22H22FN5O3. The summed E-state index contributed by atoms with van der Waals surface area (Å²) in [6.45, 7) is 3.16. The molecule has 3 N–H and O–H groups in total. The zero-order valence-electron chi connectivity index (χ0n) is 16.9. The molecule has 0 radical (unpaired) electrons. The molecule has 0 bridgehead atoms. The molecular weight excluding hydrogens is 401 g/mol. The first-order chi connectivity index (χ1) is 15.0. The van der Waals surface area contributed by atoms with Crippen molar-refractivity contribution in [3.63, 3.8) is 0 Å². The predicted molar refractivity (Wildman–Crippen MR) is 113 cm³/mol. The molecule has 1 atom stereocenters. The molecule has 1 fully saturated rings. The van der Waals surface area contributed by atoms with Gasteiger partial charge in [0.1, 0.15) is 11.5 Å². The average molecular weight is 423 g/mol. The summed E-state index contributed by atoms with van der Waals surface area (Å²) >= 11 is 0. The summed E-state index contributed by atoms with van der Waals surface area (Å²) in [5.74, 6) is -0.492. The second-order valence-corrected chi connectivity index (χ2v) is 7.89. The number of fused-ring (bicyclic) bond motifs is 2. The molecule has 1 amide bonds. The Morgan fingerprint density at radius 3 is 2.87 bits per heavy atom. The maximum Gasteiger partial charge on any atom is 0.272 e. The van der Waals surface area contributed by atoms with E-state index in [1.165, 1.54) is 22.7 Å². The first kappa shape index (κ1) is 19.5. The van der Waals surface area contributed by atoms with Crippen LogP contribution in [0.1, 0.15) is 53.6 Å². The zero-order chi connectivity index (χ0) is 21.5. The minimum absolute atomic E-state index is 0.243. The second kappa shape index (κ2) is 7.66. The average Bonchev–Trinajstić information content (AvgIpc) is 3.40. The SMILES string of the molecule is C[C@@H](NC(=O)c1cc2c(F)cccc2[nH]1)c1cc(=O)n2[nH]c(C3CCOCC3)cc2n1. The van der Waals surface area contributed by atoms with E-state index in [1.54, 1.807) is 19.1 Å². The fourth-order valence-electron chi connectivity index (χ4n) is 4.06. The third-order valence-corrected chi connectivity index (χ3v) is 5.80. The van der Waals surface area contributed by atoms with Gasteiger partial charge in [-0.15, -0.1) is 0 Å². The molecule has 4 aromatic rings. The summed E-state index contributed by atoms with van der Waals surface area (Å²) in [5.41, 5.74) is 2.47. The van der Waals surface area contributed by atoms with Gasteiger partial charge >= 0.3 is 0 Å². The molecule has 0 spiro atoms. The smallest absolute Gasteiger partial charge is 0.272 e. The van der Waals surface area contributed by atoms with Gasteiger partial charge in [-0.25, -0.2) is 13.9 Å². The van der Waals surface area contributed by atoms with Gasteiger partial charge in [0.15, 0.2) is 5.65 Å². The molecule has 160 valence electrons. The summed E-state index contributed by atoms with van der Waals surface area (Å²) in [6, 6.07) is 8.89. The number of hydrogen-bond donors (Lipinski definition) is 3. The Hall–Kier alpha value is -3.46. The zero-order valence-corrected chi connectivity index (χ0v) is 16.9. The summed E-state index contributed by atoms with van der Waals surface area (Å²) in [5, 5.41) is 6.32. The Labute approximate surface area is 176 Å². The number of ether oxygens (including phenoxy) is 1. The van der Waals surface area contributed by atoms with Crippen LogP contribution in [0.2, 0.25) is 0 Å². The topological polar surface area (TPSA) is 104 Å². The maximum absolute atomic E-state index is 13.9. The molecule has 1 aliphatic rings. The lowest BCUT2D eigenvalue weighted by Crippen LogP contribution is -2.29. The number of rotatable bonds is 4. The molecule has 3 aromatic heterocycles. The number of benzene rings is 1. The number of nitrogens with zero attached hydrogens (tertiary/aromatic N) is 2. The van der Waals surface area contributed by atoms with E-state index in [1.807, 2.05) is 6.07 Å². The highest BCUT2D eigenvalue weighted by Gasteiger charge is 2.21. The van der Waals surface area contributed by atoms with E-state index in [2.05, 4.69) is 20.4 Å². The van der Waals surface area contributed by atoms with Gasteiger partial charge < -0.3 is 15.0 Å². The minimum Gasteiger partial charge on any atom is -0.381 e. The lowest BCUT2D eigenvalue weighted by atomic mass is 9.97. The highest BCUT2D eigenvalue weighted by molar-refractivity contribution is 5.98. The van der Waals surface area contributed by atoms with E-state index < -0.39 is 17.8 Å². The Morgan fingerprint density at radius 1 is 1.29 bits per heavy atom.